The summed E-state index contributed by atoms with van der Waals surface area (Å²) in [5.74, 6) is 5.49. The maximum atomic E-state index is 12.3. The van der Waals surface area contributed by atoms with Gasteiger partial charge in [0.05, 0.1) is 12.4 Å². The smallest absolute Gasteiger partial charge is 0.271 e. The molecule has 0 aliphatic heterocycles. The highest BCUT2D eigenvalue weighted by molar-refractivity contribution is 5.92. The lowest BCUT2D eigenvalue weighted by Crippen LogP contribution is -2.46. The van der Waals surface area contributed by atoms with Gasteiger partial charge in [0.2, 0.25) is 0 Å². The standard InChI is InChI=1S/C15H25N5O/c1-14(2)5-10(6-15(3,4)9-14)19-13(21)11-7-18-12(20-16)8-17-11/h7-8,10H,5-6,9,16H2,1-4H3,(H,18,20)(H,19,21). The molecule has 0 unspecified atom stereocenters. The van der Waals surface area contributed by atoms with Crippen molar-refractivity contribution in [1.82, 2.24) is 15.3 Å². The second kappa shape index (κ2) is 5.60. The zero-order valence-electron chi connectivity index (χ0n) is 13.2. The number of anilines is 1. The van der Waals surface area contributed by atoms with Crippen molar-refractivity contribution in [2.45, 2.75) is 53.0 Å². The first kappa shape index (κ1) is 15.7. The molecule has 1 aromatic rings. The monoisotopic (exact) mass is 291 g/mol. The van der Waals surface area contributed by atoms with Crippen molar-refractivity contribution in [1.29, 1.82) is 0 Å². The van der Waals surface area contributed by atoms with E-state index in [0.29, 0.717) is 11.5 Å². The van der Waals surface area contributed by atoms with Gasteiger partial charge in [-0.3, -0.25) is 4.79 Å². The molecule has 0 saturated heterocycles. The molecule has 1 fully saturated rings. The Labute approximate surface area is 125 Å². The molecule has 1 amide bonds. The van der Waals surface area contributed by atoms with Crippen LogP contribution in [0, 0.1) is 10.8 Å². The summed E-state index contributed by atoms with van der Waals surface area (Å²) in [5.41, 5.74) is 3.18. The van der Waals surface area contributed by atoms with E-state index in [1.54, 1.807) is 0 Å². The van der Waals surface area contributed by atoms with E-state index in [1.165, 1.54) is 18.8 Å². The highest BCUT2D eigenvalue weighted by atomic mass is 16.1. The van der Waals surface area contributed by atoms with Crippen LogP contribution in [0.2, 0.25) is 0 Å². The van der Waals surface area contributed by atoms with E-state index < -0.39 is 0 Å². The molecule has 0 radical (unpaired) electrons. The Morgan fingerprint density at radius 1 is 1.19 bits per heavy atom. The number of nitrogens with zero attached hydrogens (tertiary/aromatic N) is 2. The molecule has 6 nitrogen and oxygen atoms in total. The number of hydrazine groups is 1. The Bertz CT molecular complexity index is 493. The molecule has 0 bridgehead atoms. The molecule has 2 rings (SSSR count). The molecule has 1 saturated carbocycles. The third-order valence-corrected chi connectivity index (χ3v) is 3.92. The first-order chi connectivity index (χ1) is 9.71. The second-order valence-corrected chi connectivity index (χ2v) is 7.52. The molecule has 1 aliphatic rings. The number of nitrogens with two attached hydrogens (primary N) is 1. The fourth-order valence-corrected chi connectivity index (χ4v) is 3.73. The quantitative estimate of drug-likeness (QED) is 0.586. The Morgan fingerprint density at radius 3 is 2.29 bits per heavy atom. The summed E-state index contributed by atoms with van der Waals surface area (Å²) < 4.78 is 0. The number of hydrogen-bond donors (Lipinski definition) is 3. The van der Waals surface area contributed by atoms with Crippen LogP contribution in [0.15, 0.2) is 12.4 Å². The average Bonchev–Trinajstić information content (AvgIpc) is 2.35. The third-order valence-electron chi connectivity index (χ3n) is 3.92. The number of hydrogen-bond acceptors (Lipinski definition) is 5. The van der Waals surface area contributed by atoms with Crippen molar-refractivity contribution in [3.05, 3.63) is 18.1 Å². The van der Waals surface area contributed by atoms with Crippen molar-refractivity contribution in [2.24, 2.45) is 16.7 Å². The van der Waals surface area contributed by atoms with Gasteiger partial charge in [0.15, 0.2) is 5.82 Å². The van der Waals surface area contributed by atoms with Crippen molar-refractivity contribution in [3.8, 4) is 0 Å². The van der Waals surface area contributed by atoms with Gasteiger partial charge in [0.25, 0.3) is 5.91 Å². The largest absolute Gasteiger partial charge is 0.348 e. The van der Waals surface area contributed by atoms with Crippen molar-refractivity contribution in [2.75, 3.05) is 5.43 Å². The molecule has 0 aromatic carbocycles. The van der Waals surface area contributed by atoms with E-state index in [2.05, 4.69) is 48.4 Å². The SMILES string of the molecule is CC1(C)CC(NC(=O)c2cnc(NN)cn2)CC(C)(C)C1. The molecule has 1 heterocycles. The third kappa shape index (κ3) is 4.14. The summed E-state index contributed by atoms with van der Waals surface area (Å²) in [4.78, 5) is 20.3. The first-order valence-electron chi connectivity index (χ1n) is 7.30. The molecule has 1 aliphatic carbocycles. The second-order valence-electron chi connectivity index (χ2n) is 7.52. The van der Waals surface area contributed by atoms with Gasteiger partial charge < -0.3 is 10.7 Å². The number of carbonyl (C=O) groups is 1. The van der Waals surface area contributed by atoms with Crippen molar-refractivity contribution < 1.29 is 4.79 Å². The fourth-order valence-electron chi connectivity index (χ4n) is 3.73. The van der Waals surface area contributed by atoms with Crippen molar-refractivity contribution in [3.63, 3.8) is 0 Å². The highest BCUT2D eigenvalue weighted by Crippen LogP contribution is 2.45. The van der Waals surface area contributed by atoms with Crippen LogP contribution in [0.1, 0.15) is 57.4 Å². The van der Waals surface area contributed by atoms with Gasteiger partial charge in [-0.2, -0.15) is 0 Å². The number of rotatable bonds is 3. The van der Waals surface area contributed by atoms with E-state index >= 15 is 0 Å². The van der Waals surface area contributed by atoms with Crippen LogP contribution in [0.3, 0.4) is 0 Å². The summed E-state index contributed by atoms with van der Waals surface area (Å²) in [6, 6.07) is 0.172. The summed E-state index contributed by atoms with van der Waals surface area (Å²) in [6.45, 7) is 9.03. The minimum Gasteiger partial charge on any atom is -0.348 e. The Kier molecular flexibility index (Phi) is 4.18. The Balaban J connectivity index is 2.04. The Hall–Kier alpha value is -1.69. The van der Waals surface area contributed by atoms with Crippen molar-refractivity contribution >= 4 is 11.7 Å². The van der Waals surface area contributed by atoms with Gasteiger partial charge in [-0.1, -0.05) is 27.7 Å². The molecule has 116 valence electrons. The van der Waals surface area contributed by atoms with Crippen LogP contribution >= 0.6 is 0 Å². The lowest BCUT2D eigenvalue weighted by Gasteiger charge is -2.45. The van der Waals surface area contributed by atoms with Crippen LogP contribution in [0.5, 0.6) is 0 Å². The number of amides is 1. The predicted molar refractivity (Wildman–Crippen MR) is 82.5 cm³/mol. The van der Waals surface area contributed by atoms with Gasteiger partial charge in [-0.05, 0) is 30.1 Å². The number of nitrogens with one attached hydrogen (secondary N) is 2. The lowest BCUT2D eigenvalue weighted by molar-refractivity contribution is 0.0710. The van der Waals surface area contributed by atoms with Gasteiger partial charge in [-0.25, -0.2) is 15.8 Å². The molecular weight excluding hydrogens is 266 g/mol. The maximum Gasteiger partial charge on any atom is 0.271 e. The topological polar surface area (TPSA) is 92.9 Å². The lowest BCUT2D eigenvalue weighted by atomic mass is 9.63. The van der Waals surface area contributed by atoms with E-state index in [4.69, 9.17) is 5.84 Å². The summed E-state index contributed by atoms with van der Waals surface area (Å²) in [7, 11) is 0. The first-order valence-corrected chi connectivity index (χ1v) is 7.30. The summed E-state index contributed by atoms with van der Waals surface area (Å²) in [6.07, 6.45) is 6.02. The molecule has 0 atom stereocenters. The fraction of sp³-hybridized carbons (Fsp3) is 0.667. The molecule has 1 aromatic heterocycles. The summed E-state index contributed by atoms with van der Waals surface area (Å²) in [5, 5.41) is 3.09. The molecule has 6 heteroatoms. The number of carbonyl (C=O) groups excluding carboxylic acids is 1. The van der Waals surface area contributed by atoms with Crippen LogP contribution in [-0.2, 0) is 0 Å². The molecular formula is C15H25N5O. The van der Waals surface area contributed by atoms with E-state index in [-0.39, 0.29) is 22.8 Å². The average molecular weight is 291 g/mol. The summed E-state index contributed by atoms with van der Waals surface area (Å²) >= 11 is 0. The number of nitrogen functional groups attached to an aromatic ring is 1. The van der Waals surface area contributed by atoms with Gasteiger partial charge in [0, 0.05) is 6.04 Å². The highest BCUT2D eigenvalue weighted by Gasteiger charge is 2.39. The maximum absolute atomic E-state index is 12.3. The van der Waals surface area contributed by atoms with Gasteiger partial charge in [0.1, 0.15) is 5.69 Å². The van der Waals surface area contributed by atoms with Gasteiger partial charge in [-0.15, -0.1) is 0 Å². The van der Waals surface area contributed by atoms with Crippen LogP contribution < -0.4 is 16.6 Å². The van der Waals surface area contributed by atoms with Gasteiger partial charge >= 0.3 is 0 Å². The van der Waals surface area contributed by atoms with E-state index in [1.807, 2.05) is 0 Å². The normalized spacial score (nSPS) is 20.8. The minimum absolute atomic E-state index is 0.172. The molecule has 0 spiro atoms. The molecule has 4 N–H and O–H groups in total. The predicted octanol–water partition coefficient (Wildman–Crippen LogP) is 2.10. The van der Waals surface area contributed by atoms with Crippen LogP contribution in [0.4, 0.5) is 5.82 Å². The molecule has 21 heavy (non-hydrogen) atoms. The van der Waals surface area contributed by atoms with Crippen LogP contribution in [-0.4, -0.2) is 21.9 Å². The zero-order valence-corrected chi connectivity index (χ0v) is 13.2. The number of aromatic nitrogens is 2. The van der Waals surface area contributed by atoms with Crippen LogP contribution in [0.25, 0.3) is 0 Å². The zero-order chi connectivity index (χ0) is 15.7. The van der Waals surface area contributed by atoms with E-state index in [9.17, 15) is 4.79 Å². The van der Waals surface area contributed by atoms with E-state index in [0.717, 1.165) is 12.8 Å². The Morgan fingerprint density at radius 2 is 1.81 bits per heavy atom. The minimum atomic E-state index is -0.176.